The molecule has 0 aliphatic carbocycles. The number of nitriles is 1. The number of fused-ring (bicyclic) bond motifs is 2. The standard InChI is InChI=1S/C24H17N3O4S/c25-14-13-22(28)26-17-11-9-16(10-12-17)24(30)31-15-23(29)27-18-5-1-3-7-20(18)32-21-8-4-2-6-19(21)27/h1-12H,13,15H2,(H,26,28). The quantitative estimate of drug-likeness (QED) is 0.582. The van der Waals surface area contributed by atoms with Crippen molar-refractivity contribution in [3.05, 3.63) is 78.4 Å². The molecule has 1 aliphatic heterocycles. The SMILES string of the molecule is N#CCC(=O)Nc1ccc(C(=O)OCC(=O)N2c3ccccc3Sc3ccccc32)cc1. The van der Waals surface area contributed by atoms with Crippen LogP contribution in [0.25, 0.3) is 0 Å². The lowest BCUT2D eigenvalue weighted by molar-refractivity contribution is -0.121. The van der Waals surface area contributed by atoms with Crippen molar-refractivity contribution < 1.29 is 19.1 Å². The van der Waals surface area contributed by atoms with E-state index in [0.717, 1.165) is 21.2 Å². The Morgan fingerprint density at radius 2 is 1.50 bits per heavy atom. The second-order valence-corrected chi connectivity index (χ2v) is 7.89. The predicted molar refractivity (Wildman–Crippen MR) is 120 cm³/mol. The van der Waals surface area contributed by atoms with Gasteiger partial charge >= 0.3 is 5.97 Å². The molecule has 0 atom stereocenters. The molecule has 0 unspecified atom stereocenters. The van der Waals surface area contributed by atoms with E-state index in [1.807, 2.05) is 48.5 Å². The second-order valence-electron chi connectivity index (χ2n) is 6.80. The van der Waals surface area contributed by atoms with E-state index >= 15 is 0 Å². The zero-order chi connectivity index (χ0) is 22.5. The fourth-order valence-corrected chi connectivity index (χ4v) is 4.27. The number of hydrogen-bond donors (Lipinski definition) is 1. The summed E-state index contributed by atoms with van der Waals surface area (Å²) in [7, 11) is 0. The minimum absolute atomic E-state index is 0.242. The summed E-state index contributed by atoms with van der Waals surface area (Å²) >= 11 is 1.58. The Morgan fingerprint density at radius 3 is 2.09 bits per heavy atom. The van der Waals surface area contributed by atoms with E-state index in [4.69, 9.17) is 10.00 Å². The molecule has 0 saturated heterocycles. The van der Waals surface area contributed by atoms with Gasteiger partial charge in [-0.3, -0.25) is 14.5 Å². The molecule has 0 bridgehead atoms. The van der Waals surface area contributed by atoms with Crippen LogP contribution in [0.2, 0.25) is 0 Å². The van der Waals surface area contributed by atoms with Crippen molar-refractivity contribution in [2.45, 2.75) is 16.2 Å². The maximum atomic E-state index is 13.1. The number of hydrogen-bond acceptors (Lipinski definition) is 6. The Labute approximate surface area is 188 Å². The molecule has 158 valence electrons. The number of carbonyl (C=O) groups excluding carboxylic acids is 3. The van der Waals surface area contributed by atoms with Crippen molar-refractivity contribution in [3.63, 3.8) is 0 Å². The number of benzene rings is 3. The number of nitrogens with zero attached hydrogens (tertiary/aromatic N) is 2. The van der Waals surface area contributed by atoms with Crippen LogP contribution in [0.4, 0.5) is 17.1 Å². The fraction of sp³-hybridized carbons (Fsp3) is 0.0833. The van der Waals surface area contributed by atoms with Gasteiger partial charge < -0.3 is 10.1 Å². The Kier molecular flexibility index (Phi) is 6.19. The van der Waals surface area contributed by atoms with Crippen molar-refractivity contribution >= 4 is 46.6 Å². The lowest BCUT2D eigenvalue weighted by Crippen LogP contribution is -2.32. The highest BCUT2D eigenvalue weighted by molar-refractivity contribution is 7.99. The molecule has 0 saturated carbocycles. The second kappa shape index (κ2) is 9.37. The molecule has 0 radical (unpaired) electrons. The van der Waals surface area contributed by atoms with Crippen molar-refractivity contribution in [2.24, 2.45) is 0 Å². The fourth-order valence-electron chi connectivity index (χ4n) is 3.22. The highest BCUT2D eigenvalue weighted by atomic mass is 32.2. The van der Waals surface area contributed by atoms with Crippen molar-refractivity contribution in [1.82, 2.24) is 0 Å². The molecule has 2 amide bonds. The van der Waals surface area contributed by atoms with Gasteiger partial charge in [0.2, 0.25) is 5.91 Å². The van der Waals surface area contributed by atoms with Gasteiger partial charge in [-0.15, -0.1) is 0 Å². The Balaban J connectivity index is 1.45. The zero-order valence-electron chi connectivity index (χ0n) is 16.8. The summed E-state index contributed by atoms with van der Waals surface area (Å²) in [5.74, 6) is -1.45. The molecule has 0 aromatic heterocycles. The van der Waals surface area contributed by atoms with Crippen molar-refractivity contribution in [1.29, 1.82) is 5.26 Å². The molecule has 1 N–H and O–H groups in total. The summed E-state index contributed by atoms with van der Waals surface area (Å²) in [5, 5.41) is 11.1. The largest absolute Gasteiger partial charge is 0.452 e. The molecular formula is C24H17N3O4S. The van der Waals surface area contributed by atoms with Crippen LogP contribution in [0, 0.1) is 11.3 Å². The van der Waals surface area contributed by atoms with E-state index in [9.17, 15) is 14.4 Å². The highest BCUT2D eigenvalue weighted by Gasteiger charge is 2.28. The van der Waals surface area contributed by atoms with Gasteiger partial charge in [0.1, 0.15) is 6.42 Å². The summed E-state index contributed by atoms with van der Waals surface area (Å²) < 4.78 is 5.27. The monoisotopic (exact) mass is 443 g/mol. The van der Waals surface area contributed by atoms with Crippen LogP contribution >= 0.6 is 11.8 Å². The van der Waals surface area contributed by atoms with Gasteiger partial charge in [0.25, 0.3) is 5.91 Å². The minimum atomic E-state index is -0.652. The lowest BCUT2D eigenvalue weighted by Gasteiger charge is -2.30. The Morgan fingerprint density at radius 1 is 0.906 bits per heavy atom. The van der Waals surface area contributed by atoms with Crippen LogP contribution in [0.5, 0.6) is 0 Å². The molecule has 7 nitrogen and oxygen atoms in total. The summed E-state index contributed by atoms with van der Waals surface area (Å²) in [4.78, 5) is 40.4. The number of carbonyl (C=O) groups is 3. The third-order valence-corrected chi connectivity index (χ3v) is 5.78. The zero-order valence-corrected chi connectivity index (χ0v) is 17.6. The van der Waals surface area contributed by atoms with Gasteiger partial charge in [0, 0.05) is 15.5 Å². The first-order chi connectivity index (χ1) is 15.6. The van der Waals surface area contributed by atoms with Gasteiger partial charge in [0.15, 0.2) is 6.61 Å². The van der Waals surface area contributed by atoms with Crippen LogP contribution in [-0.2, 0) is 14.3 Å². The first-order valence-corrected chi connectivity index (χ1v) is 10.5. The van der Waals surface area contributed by atoms with Gasteiger partial charge in [-0.1, -0.05) is 36.0 Å². The number of ether oxygens (including phenoxy) is 1. The first-order valence-electron chi connectivity index (χ1n) is 9.69. The third kappa shape index (κ3) is 4.48. The molecule has 3 aromatic rings. The van der Waals surface area contributed by atoms with Crippen molar-refractivity contribution in [2.75, 3.05) is 16.8 Å². The maximum Gasteiger partial charge on any atom is 0.338 e. The predicted octanol–water partition coefficient (Wildman–Crippen LogP) is 4.53. The van der Waals surface area contributed by atoms with Crippen LogP contribution in [0.1, 0.15) is 16.8 Å². The van der Waals surface area contributed by atoms with Crippen LogP contribution in [-0.4, -0.2) is 24.4 Å². The van der Waals surface area contributed by atoms with Crippen LogP contribution < -0.4 is 10.2 Å². The molecule has 0 fully saturated rings. The normalized spacial score (nSPS) is 11.5. The molecule has 8 heteroatoms. The summed E-state index contributed by atoms with van der Waals surface area (Å²) in [5.41, 5.74) is 2.19. The van der Waals surface area contributed by atoms with Crippen LogP contribution in [0.3, 0.4) is 0 Å². The number of amides is 2. The minimum Gasteiger partial charge on any atom is -0.452 e. The van der Waals surface area contributed by atoms with Crippen molar-refractivity contribution in [3.8, 4) is 6.07 Å². The lowest BCUT2D eigenvalue weighted by atomic mass is 10.2. The number of nitrogens with one attached hydrogen (secondary N) is 1. The maximum absolute atomic E-state index is 13.1. The number of anilines is 3. The molecule has 0 spiro atoms. The first kappa shape index (κ1) is 21.2. The number of esters is 1. The Hall–Kier alpha value is -4.09. The van der Waals surface area contributed by atoms with Gasteiger partial charge in [-0.25, -0.2) is 4.79 Å². The van der Waals surface area contributed by atoms with Gasteiger partial charge in [0.05, 0.1) is 23.0 Å². The molecule has 32 heavy (non-hydrogen) atoms. The summed E-state index contributed by atoms with van der Waals surface area (Å²) in [6.07, 6.45) is -0.257. The van der Waals surface area contributed by atoms with E-state index in [0.29, 0.717) is 5.69 Å². The highest BCUT2D eigenvalue weighted by Crippen LogP contribution is 2.47. The Bertz CT molecular complexity index is 1190. The van der Waals surface area contributed by atoms with Gasteiger partial charge in [-0.05, 0) is 48.5 Å². The van der Waals surface area contributed by atoms with E-state index in [1.54, 1.807) is 22.7 Å². The van der Waals surface area contributed by atoms with Gasteiger partial charge in [-0.2, -0.15) is 5.26 Å². The van der Waals surface area contributed by atoms with Crippen LogP contribution in [0.15, 0.2) is 82.6 Å². The smallest absolute Gasteiger partial charge is 0.338 e. The summed E-state index contributed by atoms with van der Waals surface area (Å²) in [6.45, 7) is -0.424. The molecule has 1 aliphatic rings. The van der Waals surface area contributed by atoms with E-state index in [-0.39, 0.29) is 17.9 Å². The average molecular weight is 443 g/mol. The average Bonchev–Trinajstić information content (AvgIpc) is 2.81. The number of para-hydroxylation sites is 2. The summed E-state index contributed by atoms with van der Waals surface area (Å²) in [6, 6.07) is 22.9. The molecule has 1 heterocycles. The molecule has 3 aromatic carbocycles. The number of rotatable bonds is 5. The third-order valence-electron chi connectivity index (χ3n) is 4.65. The molecule has 4 rings (SSSR count). The van der Waals surface area contributed by atoms with E-state index in [2.05, 4.69) is 5.32 Å². The van der Waals surface area contributed by atoms with E-state index < -0.39 is 18.5 Å². The molecular weight excluding hydrogens is 426 g/mol. The topological polar surface area (TPSA) is 99.5 Å². The van der Waals surface area contributed by atoms with E-state index in [1.165, 1.54) is 24.3 Å².